The molecule has 0 aliphatic heterocycles. The Bertz CT molecular complexity index is 546. The molecule has 162 valence electrons. The summed E-state index contributed by atoms with van der Waals surface area (Å²) >= 11 is 4.05. The molecule has 0 aromatic heterocycles. The van der Waals surface area contributed by atoms with Crippen LogP contribution in [0.1, 0.15) is 40.0 Å². The van der Waals surface area contributed by atoms with E-state index in [-0.39, 0.29) is 18.1 Å². The van der Waals surface area contributed by atoms with Gasteiger partial charge in [-0.05, 0) is 38.6 Å². The van der Waals surface area contributed by atoms with Crippen LogP contribution < -0.4 is 27.4 Å². The summed E-state index contributed by atoms with van der Waals surface area (Å²) < 4.78 is 0. The van der Waals surface area contributed by atoms with Crippen molar-refractivity contribution in [3.63, 3.8) is 0 Å². The van der Waals surface area contributed by atoms with E-state index in [2.05, 4.69) is 28.6 Å². The van der Waals surface area contributed by atoms with Crippen LogP contribution in [0, 0.1) is 5.92 Å². The van der Waals surface area contributed by atoms with Gasteiger partial charge in [-0.25, -0.2) is 4.79 Å². The van der Waals surface area contributed by atoms with Crippen LogP contribution in [-0.2, 0) is 19.2 Å². The first-order chi connectivity index (χ1) is 13.0. The summed E-state index contributed by atoms with van der Waals surface area (Å²) in [6.45, 7) is 5.41. The zero-order chi connectivity index (χ0) is 21.9. The van der Waals surface area contributed by atoms with Gasteiger partial charge in [0.25, 0.3) is 0 Å². The lowest BCUT2D eigenvalue weighted by Crippen LogP contribution is -2.57. The molecule has 0 saturated carbocycles. The lowest BCUT2D eigenvalue weighted by atomic mass is 10.0. The normalized spacial score (nSPS) is 15.2. The number of hydrogen-bond acceptors (Lipinski definition) is 7. The molecule has 0 fully saturated rings. The van der Waals surface area contributed by atoms with Crippen molar-refractivity contribution in [3.05, 3.63) is 0 Å². The molecule has 11 heteroatoms. The minimum absolute atomic E-state index is 0.00751. The Hall–Kier alpha value is -1.85. The smallest absolute Gasteiger partial charge is 0.326 e. The number of carboxylic acids is 1. The number of carbonyl (C=O) groups is 4. The minimum atomic E-state index is -1.16. The van der Waals surface area contributed by atoms with E-state index in [0.717, 1.165) is 0 Å². The van der Waals surface area contributed by atoms with Crippen molar-refractivity contribution in [2.24, 2.45) is 17.4 Å². The summed E-state index contributed by atoms with van der Waals surface area (Å²) in [5, 5.41) is 16.5. The summed E-state index contributed by atoms with van der Waals surface area (Å²) in [6, 6.07) is -3.82. The molecule has 0 aromatic carbocycles. The van der Waals surface area contributed by atoms with Crippen LogP contribution in [0.5, 0.6) is 0 Å². The molecule has 28 heavy (non-hydrogen) atoms. The Balaban J connectivity index is 4.76. The monoisotopic (exact) mass is 419 g/mol. The summed E-state index contributed by atoms with van der Waals surface area (Å²) in [6.07, 6.45) is 1.44. The topological polar surface area (TPSA) is 177 Å². The maximum atomic E-state index is 12.3. The van der Waals surface area contributed by atoms with E-state index in [9.17, 15) is 24.3 Å². The fourth-order valence-corrected chi connectivity index (χ4v) is 2.45. The molecule has 0 aliphatic carbocycles. The molecule has 0 rings (SSSR count). The van der Waals surface area contributed by atoms with Crippen molar-refractivity contribution in [1.29, 1.82) is 0 Å². The van der Waals surface area contributed by atoms with Crippen molar-refractivity contribution in [1.82, 2.24) is 16.0 Å². The number of carboxylic acid groups (broad SMARTS) is 1. The molecule has 0 spiro atoms. The van der Waals surface area contributed by atoms with E-state index in [4.69, 9.17) is 11.5 Å². The third-order valence-corrected chi connectivity index (χ3v) is 4.52. The van der Waals surface area contributed by atoms with Gasteiger partial charge in [-0.1, -0.05) is 13.8 Å². The average Bonchev–Trinajstić information content (AvgIpc) is 2.63. The first kappa shape index (κ1) is 26.1. The molecule has 0 saturated heterocycles. The van der Waals surface area contributed by atoms with Crippen molar-refractivity contribution < 1.29 is 24.3 Å². The van der Waals surface area contributed by atoms with Crippen molar-refractivity contribution >= 4 is 36.3 Å². The predicted molar refractivity (Wildman–Crippen MR) is 109 cm³/mol. The molecule has 0 radical (unpaired) electrons. The Morgan fingerprint density at radius 1 is 0.929 bits per heavy atom. The molecule has 0 bridgehead atoms. The fourth-order valence-electron chi connectivity index (χ4n) is 2.19. The van der Waals surface area contributed by atoms with Crippen LogP contribution in [0.15, 0.2) is 0 Å². The average molecular weight is 420 g/mol. The Labute approximate surface area is 171 Å². The van der Waals surface area contributed by atoms with Crippen LogP contribution >= 0.6 is 12.6 Å². The molecule has 0 aromatic rings. The fraction of sp³-hybridized carbons (Fsp3) is 0.765. The molecular weight excluding hydrogens is 386 g/mol. The first-order valence-electron chi connectivity index (χ1n) is 9.25. The van der Waals surface area contributed by atoms with Gasteiger partial charge in [0.1, 0.15) is 18.1 Å². The van der Waals surface area contributed by atoms with Gasteiger partial charge in [-0.15, -0.1) is 0 Å². The Kier molecular flexibility index (Phi) is 12.5. The zero-order valence-electron chi connectivity index (χ0n) is 16.6. The number of thiol groups is 1. The number of hydrogen-bond donors (Lipinski definition) is 7. The van der Waals surface area contributed by atoms with Gasteiger partial charge in [-0.2, -0.15) is 12.6 Å². The second-order valence-corrected chi connectivity index (χ2v) is 7.29. The van der Waals surface area contributed by atoms with Crippen LogP contribution in [-0.4, -0.2) is 65.3 Å². The number of carbonyl (C=O) groups excluding carboxylic acids is 3. The highest BCUT2D eigenvalue weighted by atomic mass is 32.1. The molecule has 4 atom stereocenters. The first-order valence-corrected chi connectivity index (χ1v) is 9.88. The molecule has 0 aliphatic rings. The molecule has 3 amide bonds. The third kappa shape index (κ3) is 9.38. The van der Waals surface area contributed by atoms with E-state index in [1.807, 2.05) is 0 Å². The van der Waals surface area contributed by atoms with Gasteiger partial charge >= 0.3 is 5.97 Å². The zero-order valence-corrected chi connectivity index (χ0v) is 17.5. The van der Waals surface area contributed by atoms with Crippen LogP contribution in [0.2, 0.25) is 0 Å². The summed E-state index contributed by atoms with van der Waals surface area (Å²) in [5.41, 5.74) is 11.1. The lowest BCUT2D eigenvalue weighted by molar-refractivity contribution is -0.142. The van der Waals surface area contributed by atoms with Crippen LogP contribution in [0.25, 0.3) is 0 Å². The molecular formula is C17H33N5O5S. The number of nitrogens with two attached hydrogens (primary N) is 2. The van der Waals surface area contributed by atoms with Crippen LogP contribution in [0.3, 0.4) is 0 Å². The summed E-state index contributed by atoms with van der Waals surface area (Å²) in [7, 11) is 0. The van der Waals surface area contributed by atoms with E-state index >= 15 is 0 Å². The largest absolute Gasteiger partial charge is 0.480 e. The van der Waals surface area contributed by atoms with Gasteiger partial charge in [0, 0.05) is 5.75 Å². The molecule has 4 unspecified atom stereocenters. The van der Waals surface area contributed by atoms with E-state index in [1.165, 1.54) is 6.92 Å². The van der Waals surface area contributed by atoms with Crippen molar-refractivity contribution in [2.45, 2.75) is 64.2 Å². The second-order valence-electron chi connectivity index (χ2n) is 6.93. The molecule has 0 heterocycles. The highest BCUT2D eigenvalue weighted by molar-refractivity contribution is 7.80. The number of unbranched alkanes of at least 4 members (excludes halogenated alkanes) is 1. The third-order valence-electron chi connectivity index (χ3n) is 4.15. The van der Waals surface area contributed by atoms with E-state index < -0.39 is 47.9 Å². The minimum Gasteiger partial charge on any atom is -0.480 e. The van der Waals surface area contributed by atoms with Gasteiger partial charge in [0.15, 0.2) is 0 Å². The second kappa shape index (κ2) is 13.3. The molecule has 10 nitrogen and oxygen atoms in total. The van der Waals surface area contributed by atoms with Crippen molar-refractivity contribution in [2.75, 3.05) is 12.3 Å². The van der Waals surface area contributed by atoms with E-state index in [0.29, 0.717) is 19.4 Å². The summed E-state index contributed by atoms with van der Waals surface area (Å²) in [4.78, 5) is 47.8. The number of nitrogens with one attached hydrogen (secondary N) is 3. The summed E-state index contributed by atoms with van der Waals surface area (Å²) in [5.74, 6) is -3.01. The quantitative estimate of drug-likeness (QED) is 0.142. The van der Waals surface area contributed by atoms with Gasteiger partial charge in [0.05, 0.1) is 6.04 Å². The van der Waals surface area contributed by atoms with Crippen LogP contribution in [0.4, 0.5) is 0 Å². The molecule has 8 N–H and O–H groups in total. The lowest BCUT2D eigenvalue weighted by Gasteiger charge is -2.23. The number of amides is 3. The number of aliphatic carboxylic acids is 1. The maximum absolute atomic E-state index is 12.3. The predicted octanol–water partition coefficient (Wildman–Crippen LogP) is -1.41. The SMILES string of the molecule is CC(NC(=O)C(CS)NC(=O)C(N)C(C)C)C(=O)NC(CCCCN)C(=O)O. The van der Waals surface area contributed by atoms with Gasteiger partial charge in [0.2, 0.25) is 17.7 Å². The Morgan fingerprint density at radius 2 is 1.50 bits per heavy atom. The van der Waals surface area contributed by atoms with Crippen molar-refractivity contribution in [3.8, 4) is 0 Å². The number of rotatable bonds is 13. The maximum Gasteiger partial charge on any atom is 0.326 e. The highest BCUT2D eigenvalue weighted by Crippen LogP contribution is 2.02. The van der Waals surface area contributed by atoms with Gasteiger partial charge in [-0.3, -0.25) is 14.4 Å². The Morgan fingerprint density at radius 3 is 1.96 bits per heavy atom. The highest BCUT2D eigenvalue weighted by Gasteiger charge is 2.28. The van der Waals surface area contributed by atoms with Gasteiger partial charge < -0.3 is 32.5 Å². The van der Waals surface area contributed by atoms with E-state index in [1.54, 1.807) is 13.8 Å². The standard InChI is InChI=1S/C17H33N5O5S/c1-9(2)13(19)16(25)22-12(8-28)15(24)20-10(3)14(23)21-11(17(26)27)6-4-5-7-18/h9-13,28H,4-8,18-19H2,1-3H3,(H,20,24)(H,21,23)(H,22,25)(H,26,27).